The summed E-state index contributed by atoms with van der Waals surface area (Å²) in [5, 5.41) is 10.3. The zero-order chi connectivity index (χ0) is 16.4. The topological polar surface area (TPSA) is 53.1 Å². The second kappa shape index (κ2) is 6.95. The number of ketones is 1. The molecule has 0 aliphatic heterocycles. The molecule has 1 aromatic carbocycles. The second-order valence-electron chi connectivity index (χ2n) is 5.41. The number of hydrogen-bond acceptors (Lipinski definition) is 2. The lowest BCUT2D eigenvalue weighted by atomic mass is 9.97. The number of aryl methyl sites for hydroxylation is 1. The molecule has 0 bridgehead atoms. The largest absolute Gasteiger partial charge is 0.508 e. The Kier molecular flexibility index (Phi) is 5.43. The Balaban J connectivity index is 2.11. The van der Waals surface area contributed by atoms with Crippen LogP contribution in [-0.4, -0.2) is 15.9 Å². The number of phenolic OH excluding ortho intramolecular Hbond substituents is 1. The van der Waals surface area contributed by atoms with Gasteiger partial charge in [-0.3, -0.25) is 4.79 Å². The third kappa shape index (κ3) is 3.60. The van der Waals surface area contributed by atoms with E-state index < -0.39 is 0 Å². The SMILES string of the molecule is CC(C)c1cc(CCC(=O)c2[nH]c(Cl)c(Cl)c2Cl)ccc1O. The van der Waals surface area contributed by atoms with Gasteiger partial charge in [0, 0.05) is 6.42 Å². The number of carbonyl (C=O) groups excluding carboxylic acids is 1. The molecule has 0 fully saturated rings. The summed E-state index contributed by atoms with van der Waals surface area (Å²) >= 11 is 17.7. The molecule has 2 aromatic rings. The Morgan fingerprint density at radius 1 is 1.23 bits per heavy atom. The van der Waals surface area contributed by atoms with Crippen LogP contribution >= 0.6 is 34.8 Å². The van der Waals surface area contributed by atoms with E-state index in [1.807, 2.05) is 26.0 Å². The van der Waals surface area contributed by atoms with E-state index in [9.17, 15) is 9.90 Å². The number of rotatable bonds is 5. The van der Waals surface area contributed by atoms with Crippen LogP contribution in [-0.2, 0) is 6.42 Å². The summed E-state index contributed by atoms with van der Waals surface area (Å²) in [5.74, 6) is 0.333. The molecule has 3 nitrogen and oxygen atoms in total. The van der Waals surface area contributed by atoms with E-state index in [4.69, 9.17) is 34.8 Å². The molecule has 6 heteroatoms. The number of hydrogen-bond donors (Lipinski definition) is 2. The fraction of sp³-hybridized carbons (Fsp3) is 0.312. The number of aromatic hydroxyl groups is 1. The van der Waals surface area contributed by atoms with Crippen LogP contribution in [0.1, 0.15) is 47.8 Å². The Hall–Kier alpha value is -1.16. The molecule has 0 amide bonds. The van der Waals surface area contributed by atoms with Crippen molar-refractivity contribution >= 4 is 40.6 Å². The Bertz CT molecular complexity index is 708. The number of carbonyl (C=O) groups is 1. The van der Waals surface area contributed by atoms with Crippen molar-refractivity contribution in [2.75, 3.05) is 0 Å². The highest BCUT2D eigenvalue weighted by atomic mass is 35.5. The summed E-state index contributed by atoms with van der Waals surface area (Å²) in [4.78, 5) is 14.9. The monoisotopic (exact) mass is 359 g/mol. The van der Waals surface area contributed by atoms with Crippen LogP contribution in [0, 0.1) is 0 Å². The molecular formula is C16H16Cl3NO2. The molecule has 0 saturated carbocycles. The first-order chi connectivity index (χ1) is 10.3. The minimum atomic E-state index is -0.155. The molecule has 118 valence electrons. The zero-order valence-electron chi connectivity index (χ0n) is 12.2. The van der Waals surface area contributed by atoms with E-state index in [-0.39, 0.29) is 44.8 Å². The van der Waals surface area contributed by atoms with E-state index >= 15 is 0 Å². The van der Waals surface area contributed by atoms with Crippen molar-refractivity contribution < 1.29 is 9.90 Å². The summed E-state index contributed by atoms with van der Waals surface area (Å²) in [7, 11) is 0. The number of phenols is 1. The fourth-order valence-electron chi connectivity index (χ4n) is 2.22. The predicted molar refractivity (Wildman–Crippen MR) is 90.7 cm³/mol. The summed E-state index contributed by atoms with van der Waals surface area (Å²) in [5.41, 5.74) is 2.09. The number of aromatic nitrogens is 1. The van der Waals surface area contributed by atoms with Crippen LogP contribution in [0.2, 0.25) is 15.2 Å². The van der Waals surface area contributed by atoms with Crippen molar-refractivity contribution in [2.24, 2.45) is 0 Å². The average molecular weight is 361 g/mol. The van der Waals surface area contributed by atoms with Gasteiger partial charge in [0.25, 0.3) is 0 Å². The highest BCUT2D eigenvalue weighted by Crippen LogP contribution is 2.33. The van der Waals surface area contributed by atoms with Gasteiger partial charge in [-0.05, 0) is 29.5 Å². The predicted octanol–water partition coefficient (Wildman–Crippen LogP) is 5.62. The molecule has 0 atom stereocenters. The molecule has 2 rings (SSSR count). The molecule has 1 aromatic heterocycles. The highest BCUT2D eigenvalue weighted by Gasteiger charge is 2.19. The van der Waals surface area contributed by atoms with Crippen LogP contribution in [0.3, 0.4) is 0 Å². The van der Waals surface area contributed by atoms with Gasteiger partial charge in [-0.2, -0.15) is 0 Å². The van der Waals surface area contributed by atoms with E-state index in [1.54, 1.807) is 6.07 Å². The van der Waals surface area contributed by atoms with Crippen molar-refractivity contribution in [1.29, 1.82) is 0 Å². The quantitative estimate of drug-likeness (QED) is 0.680. The summed E-state index contributed by atoms with van der Waals surface area (Å²) in [6.07, 6.45) is 0.818. The Labute approximate surface area is 144 Å². The van der Waals surface area contributed by atoms with Crippen molar-refractivity contribution in [3.05, 3.63) is 50.2 Å². The van der Waals surface area contributed by atoms with Gasteiger partial charge in [-0.1, -0.05) is 60.8 Å². The zero-order valence-corrected chi connectivity index (χ0v) is 14.5. The molecule has 1 heterocycles. The standard InChI is InChI=1S/C16H16Cl3NO2/c1-8(2)10-7-9(3-5-11(10)21)4-6-12(22)15-13(17)14(18)16(19)20-15/h3,5,7-8,20-21H,4,6H2,1-2H3. The van der Waals surface area contributed by atoms with Gasteiger partial charge >= 0.3 is 0 Å². The van der Waals surface area contributed by atoms with Crippen LogP contribution in [0.4, 0.5) is 0 Å². The minimum Gasteiger partial charge on any atom is -0.508 e. The molecular weight excluding hydrogens is 345 g/mol. The molecule has 22 heavy (non-hydrogen) atoms. The third-order valence-electron chi connectivity index (χ3n) is 3.47. The van der Waals surface area contributed by atoms with Gasteiger partial charge in [-0.25, -0.2) is 0 Å². The normalized spacial score (nSPS) is 11.2. The lowest BCUT2D eigenvalue weighted by molar-refractivity contribution is 0.0979. The fourth-order valence-corrected chi connectivity index (χ4v) is 2.85. The van der Waals surface area contributed by atoms with Gasteiger partial charge in [0.05, 0.1) is 10.0 Å². The van der Waals surface area contributed by atoms with Crippen LogP contribution in [0.15, 0.2) is 18.2 Å². The average Bonchev–Trinajstić information content (AvgIpc) is 2.73. The van der Waals surface area contributed by atoms with Gasteiger partial charge in [0.1, 0.15) is 16.6 Å². The number of Topliss-reactive ketones (excluding diaryl/α,β-unsaturated/α-hetero) is 1. The van der Waals surface area contributed by atoms with E-state index in [0.717, 1.165) is 11.1 Å². The lowest BCUT2D eigenvalue weighted by Gasteiger charge is -2.10. The second-order valence-corrected chi connectivity index (χ2v) is 6.55. The van der Waals surface area contributed by atoms with Crippen molar-refractivity contribution in [1.82, 2.24) is 4.98 Å². The highest BCUT2D eigenvalue weighted by molar-refractivity contribution is 6.49. The number of benzene rings is 1. The molecule has 0 radical (unpaired) electrons. The van der Waals surface area contributed by atoms with Crippen molar-refractivity contribution in [2.45, 2.75) is 32.6 Å². The first-order valence-corrected chi connectivity index (χ1v) is 8.02. The maximum atomic E-state index is 12.2. The summed E-state index contributed by atoms with van der Waals surface area (Å²) in [6, 6.07) is 5.39. The Morgan fingerprint density at radius 2 is 1.91 bits per heavy atom. The summed E-state index contributed by atoms with van der Waals surface area (Å²) in [6.45, 7) is 4.01. The van der Waals surface area contributed by atoms with Gasteiger partial charge in [0.2, 0.25) is 0 Å². The lowest BCUT2D eigenvalue weighted by Crippen LogP contribution is -2.03. The first kappa shape index (κ1) is 17.2. The van der Waals surface area contributed by atoms with Crippen LogP contribution in [0.25, 0.3) is 0 Å². The molecule has 0 unspecified atom stereocenters. The maximum Gasteiger partial charge on any atom is 0.180 e. The van der Waals surface area contributed by atoms with Gasteiger partial charge in [0.15, 0.2) is 5.78 Å². The summed E-state index contributed by atoms with van der Waals surface area (Å²) < 4.78 is 0. The van der Waals surface area contributed by atoms with E-state index in [0.29, 0.717) is 6.42 Å². The number of nitrogens with one attached hydrogen (secondary N) is 1. The number of aromatic amines is 1. The number of H-pyrrole nitrogens is 1. The van der Waals surface area contributed by atoms with Crippen LogP contribution in [0.5, 0.6) is 5.75 Å². The minimum absolute atomic E-state index is 0.155. The molecule has 2 N–H and O–H groups in total. The van der Waals surface area contributed by atoms with Gasteiger partial charge in [-0.15, -0.1) is 0 Å². The van der Waals surface area contributed by atoms with Gasteiger partial charge < -0.3 is 10.1 Å². The number of halogens is 3. The molecule has 0 aliphatic carbocycles. The van der Waals surface area contributed by atoms with Crippen molar-refractivity contribution in [3.63, 3.8) is 0 Å². The molecule has 0 saturated heterocycles. The molecule has 0 spiro atoms. The first-order valence-electron chi connectivity index (χ1n) is 6.88. The molecule has 0 aliphatic rings. The van der Waals surface area contributed by atoms with Crippen molar-refractivity contribution in [3.8, 4) is 5.75 Å². The van der Waals surface area contributed by atoms with Crippen LogP contribution < -0.4 is 0 Å². The smallest absolute Gasteiger partial charge is 0.180 e. The Morgan fingerprint density at radius 3 is 2.45 bits per heavy atom. The maximum absolute atomic E-state index is 12.2. The van der Waals surface area contributed by atoms with E-state index in [2.05, 4.69) is 4.98 Å². The third-order valence-corrected chi connectivity index (χ3v) is 4.71. The van der Waals surface area contributed by atoms with E-state index in [1.165, 1.54) is 0 Å².